The van der Waals surface area contributed by atoms with Crippen molar-refractivity contribution in [2.75, 3.05) is 0 Å². The Balaban J connectivity index is 2.46. The molecule has 0 saturated carbocycles. The standard InChI is InChI=1S/C8H5F3IO2/c9-8(10,11)7(13)14-12-6-4-2-1-3-5-6/h1-5H/q+1. The lowest BCUT2D eigenvalue weighted by atomic mass is 10.4. The molecular weight excluding hydrogens is 312 g/mol. The Hall–Kier alpha value is -0.790. The van der Waals surface area contributed by atoms with Gasteiger partial charge in [-0.05, 0) is 12.1 Å². The normalized spacial score (nSPS) is 11.1. The van der Waals surface area contributed by atoms with Crippen LogP contribution in [0.3, 0.4) is 0 Å². The van der Waals surface area contributed by atoms with Crippen LogP contribution in [0.2, 0.25) is 0 Å². The number of carbonyl (C=O) groups excluding carboxylic acids is 1. The fraction of sp³-hybridized carbons (Fsp3) is 0.125. The summed E-state index contributed by atoms with van der Waals surface area (Å²) >= 11 is -1.35. The first-order valence-corrected chi connectivity index (χ1v) is 5.44. The molecule has 1 rings (SSSR count). The van der Waals surface area contributed by atoms with Gasteiger partial charge in [0.15, 0.2) is 0 Å². The van der Waals surface area contributed by atoms with E-state index in [9.17, 15) is 18.0 Å². The molecule has 0 N–H and O–H groups in total. The van der Waals surface area contributed by atoms with Crippen LogP contribution in [-0.2, 0) is 7.86 Å². The topological polar surface area (TPSA) is 26.3 Å². The molecule has 0 aliphatic heterocycles. The molecule has 0 radical (unpaired) electrons. The van der Waals surface area contributed by atoms with Gasteiger partial charge in [-0.1, -0.05) is 18.2 Å². The third kappa shape index (κ3) is 3.52. The number of carbonyl (C=O) groups is 1. The molecule has 14 heavy (non-hydrogen) atoms. The van der Waals surface area contributed by atoms with Gasteiger partial charge < -0.3 is 0 Å². The number of rotatable bonds is 2. The van der Waals surface area contributed by atoms with E-state index in [1.807, 2.05) is 0 Å². The number of halogens is 4. The van der Waals surface area contributed by atoms with Gasteiger partial charge in [0, 0.05) is 0 Å². The highest BCUT2D eigenvalue weighted by Crippen LogP contribution is 2.14. The van der Waals surface area contributed by atoms with Crippen LogP contribution in [0, 0.1) is 3.57 Å². The van der Waals surface area contributed by atoms with Crippen molar-refractivity contribution in [2.24, 2.45) is 0 Å². The third-order valence-electron chi connectivity index (χ3n) is 1.16. The van der Waals surface area contributed by atoms with E-state index in [1.54, 1.807) is 30.3 Å². The minimum atomic E-state index is -4.89. The molecule has 1 aromatic carbocycles. The zero-order valence-corrected chi connectivity index (χ0v) is 8.87. The van der Waals surface area contributed by atoms with Crippen LogP contribution in [-0.4, -0.2) is 12.1 Å². The van der Waals surface area contributed by atoms with E-state index in [0.717, 1.165) is 0 Å². The van der Waals surface area contributed by atoms with E-state index < -0.39 is 33.8 Å². The van der Waals surface area contributed by atoms with Gasteiger partial charge in [0.05, 0.1) is 0 Å². The SMILES string of the molecule is O=C(O[I+]c1ccccc1)C(F)(F)F. The number of alkyl halides is 3. The Kier molecular flexibility index (Phi) is 3.73. The first kappa shape index (κ1) is 11.3. The van der Waals surface area contributed by atoms with Crippen LogP contribution in [0.15, 0.2) is 30.3 Å². The summed E-state index contributed by atoms with van der Waals surface area (Å²) in [6, 6.07) is 8.33. The fourth-order valence-corrected chi connectivity index (χ4v) is 2.00. The Labute approximate surface area is 88.9 Å². The van der Waals surface area contributed by atoms with E-state index in [0.29, 0.717) is 3.57 Å². The van der Waals surface area contributed by atoms with Crippen molar-refractivity contribution in [3.63, 3.8) is 0 Å². The van der Waals surface area contributed by atoms with Gasteiger partial charge >= 0.3 is 33.8 Å². The zero-order chi connectivity index (χ0) is 10.6. The maximum atomic E-state index is 11.7. The van der Waals surface area contributed by atoms with Gasteiger partial charge in [0.25, 0.3) is 0 Å². The first-order valence-electron chi connectivity index (χ1n) is 3.48. The summed E-state index contributed by atoms with van der Waals surface area (Å²) in [6.45, 7) is 0. The van der Waals surface area contributed by atoms with Crippen LogP contribution < -0.4 is 21.6 Å². The van der Waals surface area contributed by atoms with Crippen molar-refractivity contribution < 1.29 is 42.7 Å². The molecule has 0 bridgehead atoms. The fourth-order valence-electron chi connectivity index (χ4n) is 0.589. The van der Waals surface area contributed by atoms with Crippen molar-refractivity contribution in [2.45, 2.75) is 6.18 Å². The van der Waals surface area contributed by atoms with Crippen LogP contribution in [0.25, 0.3) is 0 Å². The molecule has 0 aliphatic carbocycles. The second-order valence-corrected chi connectivity index (χ2v) is 4.36. The highest BCUT2D eigenvalue weighted by molar-refractivity contribution is 5.74. The van der Waals surface area contributed by atoms with E-state index in [-0.39, 0.29) is 0 Å². The summed E-state index contributed by atoms with van der Waals surface area (Å²) in [5.41, 5.74) is 0. The monoisotopic (exact) mass is 317 g/mol. The Morgan fingerprint density at radius 1 is 1.21 bits per heavy atom. The molecule has 76 valence electrons. The highest BCUT2D eigenvalue weighted by atomic mass is 127. The Morgan fingerprint density at radius 3 is 2.29 bits per heavy atom. The molecule has 0 heterocycles. The predicted octanol–water partition coefficient (Wildman–Crippen LogP) is -1.03. The van der Waals surface area contributed by atoms with E-state index in [2.05, 4.69) is 3.07 Å². The summed E-state index contributed by atoms with van der Waals surface area (Å²) < 4.78 is 39.9. The van der Waals surface area contributed by atoms with Crippen molar-refractivity contribution in [3.05, 3.63) is 33.9 Å². The van der Waals surface area contributed by atoms with Gasteiger partial charge in [-0.25, -0.2) is 4.79 Å². The number of benzene rings is 1. The molecular formula is C8H5F3IO2+. The Morgan fingerprint density at radius 2 is 1.79 bits per heavy atom. The summed E-state index contributed by atoms with van der Waals surface area (Å²) in [6.07, 6.45) is -4.89. The van der Waals surface area contributed by atoms with E-state index in [4.69, 9.17) is 0 Å². The van der Waals surface area contributed by atoms with Crippen LogP contribution >= 0.6 is 0 Å². The molecule has 2 nitrogen and oxygen atoms in total. The molecule has 0 spiro atoms. The van der Waals surface area contributed by atoms with Crippen LogP contribution in [0.4, 0.5) is 13.2 Å². The molecule has 0 saturated heterocycles. The molecule has 0 unspecified atom stereocenters. The van der Waals surface area contributed by atoms with Crippen molar-refractivity contribution in [1.82, 2.24) is 0 Å². The second-order valence-electron chi connectivity index (χ2n) is 2.24. The van der Waals surface area contributed by atoms with Crippen molar-refractivity contribution >= 4 is 5.97 Å². The largest absolute Gasteiger partial charge is 0.584 e. The molecule has 0 aromatic heterocycles. The van der Waals surface area contributed by atoms with Crippen LogP contribution in [0.5, 0.6) is 0 Å². The van der Waals surface area contributed by atoms with E-state index >= 15 is 0 Å². The average molecular weight is 317 g/mol. The zero-order valence-electron chi connectivity index (χ0n) is 6.72. The lowest BCUT2D eigenvalue weighted by Gasteiger charge is -1.95. The lowest BCUT2D eigenvalue weighted by molar-refractivity contribution is -0.853. The molecule has 0 fully saturated rings. The third-order valence-corrected chi connectivity index (χ3v) is 3.01. The second kappa shape index (κ2) is 4.63. The Bertz CT molecular complexity index is 310. The maximum Gasteiger partial charge on any atom is 0.584 e. The summed E-state index contributed by atoms with van der Waals surface area (Å²) in [5, 5.41) is 0. The molecule has 1 aromatic rings. The smallest absolute Gasteiger partial charge is 0.236 e. The number of hydrogen-bond donors (Lipinski definition) is 0. The van der Waals surface area contributed by atoms with Crippen molar-refractivity contribution in [1.29, 1.82) is 0 Å². The van der Waals surface area contributed by atoms with E-state index in [1.165, 1.54) is 0 Å². The van der Waals surface area contributed by atoms with Gasteiger partial charge in [-0.15, -0.1) is 0 Å². The summed E-state index contributed by atoms with van der Waals surface area (Å²) in [5.74, 6) is -2.12. The molecule has 6 heteroatoms. The molecule has 0 aliphatic rings. The number of hydrogen-bond acceptors (Lipinski definition) is 2. The van der Waals surface area contributed by atoms with Gasteiger partial charge in [-0.3, -0.25) is 0 Å². The predicted molar refractivity (Wildman–Crippen MR) is 37.3 cm³/mol. The summed E-state index contributed by atoms with van der Waals surface area (Å²) in [4.78, 5) is 10.3. The minimum absolute atomic E-state index is 0.629. The lowest BCUT2D eigenvalue weighted by Crippen LogP contribution is -3.62. The molecule has 0 amide bonds. The average Bonchev–Trinajstić information content (AvgIpc) is 2.14. The first-order chi connectivity index (χ1) is 6.50. The molecule has 0 atom stereocenters. The quantitative estimate of drug-likeness (QED) is 0.652. The summed E-state index contributed by atoms with van der Waals surface area (Å²) in [7, 11) is 0. The van der Waals surface area contributed by atoms with Gasteiger partial charge in [0.2, 0.25) is 3.57 Å². The van der Waals surface area contributed by atoms with Gasteiger partial charge in [0.1, 0.15) is 0 Å². The van der Waals surface area contributed by atoms with Crippen LogP contribution in [0.1, 0.15) is 0 Å². The maximum absolute atomic E-state index is 11.7. The van der Waals surface area contributed by atoms with Gasteiger partial charge in [-0.2, -0.15) is 16.2 Å². The highest BCUT2D eigenvalue weighted by Gasteiger charge is 2.45. The minimum Gasteiger partial charge on any atom is -0.236 e. The van der Waals surface area contributed by atoms with Crippen molar-refractivity contribution in [3.8, 4) is 0 Å².